The van der Waals surface area contributed by atoms with E-state index >= 15 is 0 Å². The molecule has 7 heteroatoms. The van der Waals surface area contributed by atoms with Crippen molar-refractivity contribution in [3.63, 3.8) is 0 Å². The first-order valence-corrected chi connectivity index (χ1v) is 9.24. The van der Waals surface area contributed by atoms with Crippen molar-refractivity contribution < 1.29 is 24.2 Å². The molecule has 0 fully saturated rings. The number of nitrogens with two attached hydrogens (primary N) is 1. The Kier molecular flexibility index (Phi) is 6.36. The number of ether oxygens (including phenoxy) is 2. The molecule has 0 radical (unpaired) electrons. The number of amides is 1. The number of hydrogen-bond acceptors (Lipinski definition) is 5. The lowest BCUT2D eigenvalue weighted by Crippen LogP contribution is -2.58. The fraction of sp³-hybridized carbons (Fsp3) is 0.600. The van der Waals surface area contributed by atoms with E-state index in [9.17, 15) is 14.7 Å². The average Bonchev–Trinajstić information content (AvgIpc) is 2.57. The monoisotopic (exact) mass is 378 g/mol. The SMILES string of the molecule is CC(CN)COc1cccc2c1C[C@@](NC(=O)OC(C)(C)C)(C(=O)O)CC2. The van der Waals surface area contributed by atoms with E-state index in [0.29, 0.717) is 25.3 Å². The molecule has 7 nitrogen and oxygen atoms in total. The highest BCUT2D eigenvalue weighted by Crippen LogP contribution is 2.35. The number of benzene rings is 1. The van der Waals surface area contributed by atoms with Gasteiger partial charge in [0.1, 0.15) is 16.9 Å². The number of aryl methyl sites for hydroxylation is 1. The quantitative estimate of drug-likeness (QED) is 0.701. The molecular weight excluding hydrogens is 348 g/mol. The Hall–Kier alpha value is -2.28. The Morgan fingerprint density at radius 1 is 1.37 bits per heavy atom. The lowest BCUT2D eigenvalue weighted by atomic mass is 9.77. The van der Waals surface area contributed by atoms with Gasteiger partial charge in [0.15, 0.2) is 0 Å². The summed E-state index contributed by atoms with van der Waals surface area (Å²) in [6, 6.07) is 5.69. The normalized spacial score (nSPS) is 20.3. The van der Waals surface area contributed by atoms with Gasteiger partial charge in [0.2, 0.25) is 0 Å². The second-order valence-electron chi connectivity index (χ2n) is 8.24. The van der Waals surface area contributed by atoms with Crippen LogP contribution in [0.4, 0.5) is 4.79 Å². The maximum absolute atomic E-state index is 12.2. The highest BCUT2D eigenvalue weighted by Gasteiger charge is 2.44. The molecular formula is C20H30N2O5. The number of alkyl carbamates (subject to hydrolysis) is 1. The number of aliphatic carboxylic acids is 1. The lowest BCUT2D eigenvalue weighted by Gasteiger charge is -2.36. The summed E-state index contributed by atoms with van der Waals surface area (Å²) in [5, 5.41) is 12.5. The van der Waals surface area contributed by atoms with Crippen molar-refractivity contribution in [1.82, 2.24) is 5.32 Å². The predicted octanol–water partition coefficient (Wildman–Crippen LogP) is 2.50. The first-order chi connectivity index (χ1) is 12.6. The zero-order valence-electron chi connectivity index (χ0n) is 16.5. The molecule has 1 amide bonds. The number of fused-ring (bicyclic) bond motifs is 1. The van der Waals surface area contributed by atoms with Crippen molar-refractivity contribution in [2.45, 2.75) is 58.1 Å². The molecule has 2 atom stereocenters. The van der Waals surface area contributed by atoms with Crippen LogP contribution in [0.25, 0.3) is 0 Å². The average molecular weight is 378 g/mol. The molecule has 0 spiro atoms. The summed E-state index contributed by atoms with van der Waals surface area (Å²) in [5.41, 5.74) is 5.36. The van der Waals surface area contributed by atoms with Gasteiger partial charge >= 0.3 is 12.1 Å². The minimum absolute atomic E-state index is 0.143. The van der Waals surface area contributed by atoms with Gasteiger partial charge in [0.05, 0.1) is 6.61 Å². The third-order valence-electron chi connectivity index (χ3n) is 4.61. The highest BCUT2D eigenvalue weighted by molar-refractivity contribution is 5.85. The Bertz CT molecular complexity index is 698. The van der Waals surface area contributed by atoms with Gasteiger partial charge in [-0.15, -0.1) is 0 Å². The van der Waals surface area contributed by atoms with E-state index in [2.05, 4.69) is 5.32 Å². The summed E-state index contributed by atoms with van der Waals surface area (Å²) in [4.78, 5) is 24.3. The molecule has 150 valence electrons. The maximum Gasteiger partial charge on any atom is 0.408 e. The molecule has 0 bridgehead atoms. The molecule has 0 heterocycles. The summed E-state index contributed by atoms with van der Waals surface area (Å²) in [7, 11) is 0. The smallest absolute Gasteiger partial charge is 0.408 e. The third-order valence-corrected chi connectivity index (χ3v) is 4.61. The minimum Gasteiger partial charge on any atom is -0.493 e. The van der Waals surface area contributed by atoms with Gasteiger partial charge in [0.25, 0.3) is 0 Å². The number of nitrogens with one attached hydrogen (secondary N) is 1. The molecule has 0 saturated heterocycles. The van der Waals surface area contributed by atoms with Crippen molar-refractivity contribution in [2.24, 2.45) is 11.7 Å². The van der Waals surface area contributed by atoms with E-state index in [1.54, 1.807) is 20.8 Å². The molecule has 2 rings (SSSR count). The van der Waals surface area contributed by atoms with Crippen molar-refractivity contribution in [1.29, 1.82) is 0 Å². The molecule has 1 aliphatic rings. The fourth-order valence-electron chi connectivity index (χ4n) is 3.06. The van der Waals surface area contributed by atoms with Crippen molar-refractivity contribution in [3.8, 4) is 5.75 Å². The predicted molar refractivity (Wildman–Crippen MR) is 102 cm³/mol. The molecule has 0 aromatic heterocycles. The standard InChI is InChI=1S/C20H30N2O5/c1-13(11-21)12-26-16-7-5-6-14-8-9-20(17(23)24,10-15(14)16)22-18(25)27-19(2,3)4/h5-7,13H,8-12,21H2,1-4H3,(H,22,25)(H,23,24)/t13?,20-/m1/s1. The Morgan fingerprint density at radius 2 is 2.07 bits per heavy atom. The van der Waals surface area contributed by atoms with Crippen LogP contribution >= 0.6 is 0 Å². The number of carboxylic acids is 1. The molecule has 0 saturated carbocycles. The zero-order chi connectivity index (χ0) is 20.2. The number of hydrogen-bond donors (Lipinski definition) is 3. The van der Waals surface area contributed by atoms with E-state index in [-0.39, 0.29) is 18.8 Å². The van der Waals surface area contributed by atoms with Gasteiger partial charge in [0, 0.05) is 17.9 Å². The van der Waals surface area contributed by atoms with E-state index in [0.717, 1.165) is 11.1 Å². The molecule has 27 heavy (non-hydrogen) atoms. The van der Waals surface area contributed by atoms with Gasteiger partial charge < -0.3 is 25.6 Å². The van der Waals surface area contributed by atoms with Crippen LogP contribution in [0, 0.1) is 5.92 Å². The Balaban J connectivity index is 2.26. The van der Waals surface area contributed by atoms with Gasteiger partial charge in [-0.1, -0.05) is 19.1 Å². The van der Waals surface area contributed by atoms with Gasteiger partial charge in [-0.25, -0.2) is 9.59 Å². The first kappa shape index (κ1) is 21.0. The highest BCUT2D eigenvalue weighted by atomic mass is 16.6. The Labute approximate surface area is 160 Å². The van der Waals surface area contributed by atoms with Crippen LogP contribution in [0.3, 0.4) is 0 Å². The molecule has 1 aliphatic carbocycles. The second kappa shape index (κ2) is 8.17. The van der Waals surface area contributed by atoms with Crippen LogP contribution in [0.2, 0.25) is 0 Å². The van der Waals surface area contributed by atoms with E-state index < -0.39 is 23.2 Å². The van der Waals surface area contributed by atoms with Crippen molar-refractivity contribution >= 4 is 12.1 Å². The summed E-state index contributed by atoms with van der Waals surface area (Å²) >= 11 is 0. The van der Waals surface area contributed by atoms with Crippen LogP contribution in [0.15, 0.2) is 18.2 Å². The molecule has 1 unspecified atom stereocenters. The zero-order valence-corrected chi connectivity index (χ0v) is 16.5. The second-order valence-corrected chi connectivity index (χ2v) is 8.24. The van der Waals surface area contributed by atoms with Crippen molar-refractivity contribution in [2.75, 3.05) is 13.2 Å². The van der Waals surface area contributed by atoms with Gasteiger partial charge in [-0.05, 0) is 51.8 Å². The Morgan fingerprint density at radius 3 is 2.67 bits per heavy atom. The number of carbonyl (C=O) groups is 2. The van der Waals surface area contributed by atoms with Crippen LogP contribution in [-0.2, 0) is 22.4 Å². The maximum atomic E-state index is 12.2. The third kappa shape index (κ3) is 5.35. The van der Waals surface area contributed by atoms with E-state index in [1.165, 1.54) is 0 Å². The minimum atomic E-state index is -1.42. The molecule has 1 aromatic carbocycles. The van der Waals surface area contributed by atoms with Gasteiger partial charge in [-0.2, -0.15) is 0 Å². The first-order valence-electron chi connectivity index (χ1n) is 9.24. The van der Waals surface area contributed by atoms with Crippen LogP contribution in [-0.4, -0.2) is 41.5 Å². The number of rotatable bonds is 6. The van der Waals surface area contributed by atoms with E-state index in [1.807, 2.05) is 25.1 Å². The summed E-state index contributed by atoms with van der Waals surface area (Å²) < 4.78 is 11.2. The fourth-order valence-corrected chi connectivity index (χ4v) is 3.06. The largest absolute Gasteiger partial charge is 0.493 e. The molecule has 0 aliphatic heterocycles. The van der Waals surface area contributed by atoms with Crippen molar-refractivity contribution in [3.05, 3.63) is 29.3 Å². The summed E-state index contributed by atoms with van der Waals surface area (Å²) in [6.45, 7) is 8.16. The van der Waals surface area contributed by atoms with Crippen LogP contribution in [0.1, 0.15) is 45.2 Å². The van der Waals surface area contributed by atoms with Crippen LogP contribution in [0.5, 0.6) is 5.75 Å². The number of carboxylic acid groups (broad SMARTS) is 1. The lowest BCUT2D eigenvalue weighted by molar-refractivity contribution is -0.145. The summed E-state index contributed by atoms with van der Waals surface area (Å²) in [6.07, 6.45) is 0.228. The van der Waals surface area contributed by atoms with E-state index in [4.69, 9.17) is 15.2 Å². The number of carbonyl (C=O) groups excluding carboxylic acids is 1. The summed E-state index contributed by atoms with van der Waals surface area (Å²) in [5.74, 6) is -0.248. The topological polar surface area (TPSA) is 111 Å². The van der Waals surface area contributed by atoms with Gasteiger partial charge in [-0.3, -0.25) is 0 Å². The molecule has 4 N–H and O–H groups in total. The molecule has 1 aromatic rings. The van der Waals surface area contributed by atoms with Crippen LogP contribution < -0.4 is 15.8 Å².